The van der Waals surface area contributed by atoms with Crippen LogP contribution in [-0.4, -0.2) is 76.0 Å². The lowest BCUT2D eigenvalue weighted by molar-refractivity contribution is -0.0939. The van der Waals surface area contributed by atoms with Crippen LogP contribution in [0.4, 0.5) is 0 Å². The fourth-order valence-electron chi connectivity index (χ4n) is 6.27. The van der Waals surface area contributed by atoms with E-state index in [-0.39, 0.29) is 19.5 Å². The summed E-state index contributed by atoms with van der Waals surface area (Å²) in [6.45, 7) is 19.1. The van der Waals surface area contributed by atoms with Crippen molar-refractivity contribution in [1.82, 2.24) is 4.90 Å². The molecule has 0 aromatic rings. The Bertz CT molecular complexity index is 905. The summed E-state index contributed by atoms with van der Waals surface area (Å²) in [7, 11) is -2.34. The lowest BCUT2D eigenvalue weighted by Crippen LogP contribution is -2.40. The predicted octanol–water partition coefficient (Wildman–Crippen LogP) is 12.4. The van der Waals surface area contributed by atoms with Crippen molar-refractivity contribution in [3.63, 3.8) is 0 Å². The Hall–Kier alpha value is -1.06. The SMILES string of the molecule is CCCCCCCC/C=C\CCCCCCCC(OC/C=C(\C)CC/C=C(\C)CCC=C(C)C)O[Si](C)(C)OCCCCCCN(CCO)CCO. The summed E-state index contributed by atoms with van der Waals surface area (Å²) < 4.78 is 19.3. The van der Waals surface area contributed by atoms with Gasteiger partial charge in [-0.25, -0.2) is 0 Å². The molecule has 6 nitrogen and oxygen atoms in total. The summed E-state index contributed by atoms with van der Waals surface area (Å²) in [5, 5.41) is 18.4. The first kappa shape index (κ1) is 50.9. The van der Waals surface area contributed by atoms with E-state index in [0.717, 1.165) is 77.4 Å². The van der Waals surface area contributed by atoms with Gasteiger partial charge in [-0.3, -0.25) is 4.90 Å². The fourth-order valence-corrected chi connectivity index (χ4v) is 7.80. The average molecular weight is 750 g/mol. The normalized spacial score (nSPS) is 13.5. The van der Waals surface area contributed by atoms with Gasteiger partial charge >= 0.3 is 8.56 Å². The Kier molecular flexibility index (Phi) is 36.1. The topological polar surface area (TPSA) is 71.4 Å². The van der Waals surface area contributed by atoms with Crippen LogP contribution in [0.25, 0.3) is 0 Å². The molecule has 0 aromatic carbocycles. The summed E-state index contributed by atoms with van der Waals surface area (Å²) in [6.07, 6.45) is 38.1. The number of allylic oxidation sites excluding steroid dienone is 7. The molecular weight excluding hydrogens is 663 g/mol. The van der Waals surface area contributed by atoms with E-state index in [1.165, 1.54) is 93.8 Å². The highest BCUT2D eigenvalue weighted by atomic mass is 28.4. The van der Waals surface area contributed by atoms with Crippen molar-refractivity contribution in [2.75, 3.05) is 46.1 Å². The second-order valence-corrected chi connectivity index (χ2v) is 19.0. The fraction of sp³-hybridized carbons (Fsp3) is 0.822. The van der Waals surface area contributed by atoms with Gasteiger partial charge in [0.05, 0.1) is 19.8 Å². The monoisotopic (exact) mass is 750 g/mol. The van der Waals surface area contributed by atoms with Gasteiger partial charge in [-0.1, -0.05) is 118 Å². The number of hydrogen-bond donors (Lipinski definition) is 2. The molecule has 0 saturated carbocycles. The van der Waals surface area contributed by atoms with E-state index in [0.29, 0.717) is 19.7 Å². The molecule has 0 radical (unpaired) electrons. The van der Waals surface area contributed by atoms with E-state index in [4.69, 9.17) is 13.6 Å². The van der Waals surface area contributed by atoms with E-state index >= 15 is 0 Å². The molecule has 0 aliphatic heterocycles. The smallest absolute Gasteiger partial charge is 0.333 e. The molecule has 52 heavy (non-hydrogen) atoms. The van der Waals surface area contributed by atoms with E-state index in [9.17, 15) is 10.2 Å². The zero-order valence-corrected chi connectivity index (χ0v) is 36.5. The molecular formula is C45H87NO5Si. The first-order chi connectivity index (χ1) is 25.1. The van der Waals surface area contributed by atoms with Crippen molar-refractivity contribution in [1.29, 1.82) is 0 Å². The number of aliphatic hydroxyl groups is 2. The maximum atomic E-state index is 9.21. The van der Waals surface area contributed by atoms with E-state index in [1.807, 2.05) is 0 Å². The van der Waals surface area contributed by atoms with Crippen molar-refractivity contribution in [2.24, 2.45) is 0 Å². The molecule has 0 heterocycles. The van der Waals surface area contributed by atoms with Crippen LogP contribution in [0.2, 0.25) is 13.1 Å². The number of rotatable bonds is 38. The Morgan fingerprint density at radius 1 is 0.615 bits per heavy atom. The predicted molar refractivity (Wildman–Crippen MR) is 228 cm³/mol. The van der Waals surface area contributed by atoms with E-state index in [2.05, 4.69) is 83.0 Å². The van der Waals surface area contributed by atoms with Gasteiger partial charge < -0.3 is 23.8 Å². The van der Waals surface area contributed by atoms with Crippen LogP contribution >= 0.6 is 0 Å². The maximum absolute atomic E-state index is 9.21. The third-order valence-corrected chi connectivity index (χ3v) is 11.3. The molecule has 306 valence electrons. The summed E-state index contributed by atoms with van der Waals surface area (Å²) in [4.78, 5) is 2.12. The van der Waals surface area contributed by atoms with Gasteiger partial charge in [-0.05, 0) is 124 Å². The van der Waals surface area contributed by atoms with Gasteiger partial charge in [-0.15, -0.1) is 0 Å². The van der Waals surface area contributed by atoms with E-state index < -0.39 is 8.56 Å². The van der Waals surface area contributed by atoms with Crippen LogP contribution in [-0.2, 0) is 13.6 Å². The van der Waals surface area contributed by atoms with Crippen LogP contribution in [0.15, 0.2) is 47.1 Å². The lowest BCUT2D eigenvalue weighted by Gasteiger charge is -2.29. The third-order valence-electron chi connectivity index (χ3n) is 9.60. The number of hydrogen-bond acceptors (Lipinski definition) is 6. The molecule has 0 fully saturated rings. The maximum Gasteiger partial charge on any atom is 0.333 e. The average Bonchev–Trinajstić information content (AvgIpc) is 3.09. The van der Waals surface area contributed by atoms with Gasteiger partial charge in [0, 0.05) is 19.7 Å². The highest BCUT2D eigenvalue weighted by Gasteiger charge is 2.29. The highest BCUT2D eigenvalue weighted by Crippen LogP contribution is 2.19. The molecule has 0 aliphatic rings. The molecule has 0 rings (SSSR count). The summed E-state index contributed by atoms with van der Waals surface area (Å²) in [5.74, 6) is 0. The van der Waals surface area contributed by atoms with Crippen molar-refractivity contribution in [2.45, 2.75) is 195 Å². The van der Waals surface area contributed by atoms with Crippen LogP contribution in [0.5, 0.6) is 0 Å². The second kappa shape index (κ2) is 36.9. The zero-order chi connectivity index (χ0) is 38.5. The first-order valence-corrected chi connectivity index (χ1v) is 24.4. The van der Waals surface area contributed by atoms with Gasteiger partial charge in [0.2, 0.25) is 0 Å². The molecule has 2 N–H and O–H groups in total. The number of nitrogens with zero attached hydrogens (tertiary/aromatic N) is 1. The first-order valence-electron chi connectivity index (χ1n) is 21.6. The Morgan fingerprint density at radius 3 is 1.77 bits per heavy atom. The third kappa shape index (κ3) is 35.9. The van der Waals surface area contributed by atoms with Crippen LogP contribution < -0.4 is 0 Å². The Labute approximate surface area is 324 Å². The highest BCUT2D eigenvalue weighted by molar-refractivity contribution is 6.64. The second-order valence-electron chi connectivity index (χ2n) is 15.7. The number of unbranched alkanes of at least 4 members (excludes halogenated alkanes) is 14. The summed E-state index contributed by atoms with van der Waals surface area (Å²) in [6, 6.07) is 0. The van der Waals surface area contributed by atoms with Gasteiger partial charge in [0.25, 0.3) is 0 Å². The number of ether oxygens (including phenoxy) is 1. The summed E-state index contributed by atoms with van der Waals surface area (Å²) >= 11 is 0. The Balaban J connectivity index is 4.67. The minimum absolute atomic E-state index is 0.139. The van der Waals surface area contributed by atoms with Gasteiger partial charge in [0.1, 0.15) is 6.29 Å². The molecule has 1 unspecified atom stereocenters. The van der Waals surface area contributed by atoms with Crippen LogP contribution in [0.1, 0.15) is 176 Å². The minimum atomic E-state index is -2.34. The van der Waals surface area contributed by atoms with Crippen molar-refractivity contribution in [3.8, 4) is 0 Å². The van der Waals surface area contributed by atoms with Crippen LogP contribution in [0.3, 0.4) is 0 Å². The largest absolute Gasteiger partial charge is 0.395 e. The number of aliphatic hydroxyl groups excluding tert-OH is 2. The molecule has 0 spiro atoms. The molecule has 1 atom stereocenters. The molecule has 0 saturated heterocycles. The quantitative estimate of drug-likeness (QED) is 0.0283. The van der Waals surface area contributed by atoms with Gasteiger partial charge in [-0.2, -0.15) is 0 Å². The zero-order valence-electron chi connectivity index (χ0n) is 35.5. The molecule has 0 aliphatic carbocycles. The van der Waals surface area contributed by atoms with Crippen molar-refractivity contribution in [3.05, 3.63) is 47.1 Å². The van der Waals surface area contributed by atoms with E-state index in [1.54, 1.807) is 0 Å². The lowest BCUT2D eigenvalue weighted by atomic mass is 10.1. The van der Waals surface area contributed by atoms with Gasteiger partial charge in [0.15, 0.2) is 0 Å². The minimum Gasteiger partial charge on any atom is -0.395 e. The standard InChI is InChI=1S/C45H87NO5Si/c1-8-9-10-11-12-13-14-15-16-17-18-19-20-21-24-33-45(49-41-34-44(5)32-28-31-43(4)30-27-29-42(2)3)51-52(6,7)50-40-26-23-22-25-35-46(36-38-47)37-39-48/h15-16,29,31,34,45,47-48H,8-14,17-28,30,32-33,35-41H2,1-7H3/b16-15-,43-31+,44-34+. The van der Waals surface area contributed by atoms with Crippen molar-refractivity contribution >= 4 is 8.56 Å². The summed E-state index contributed by atoms with van der Waals surface area (Å²) in [5.41, 5.74) is 4.25. The van der Waals surface area contributed by atoms with Crippen LogP contribution in [0, 0.1) is 0 Å². The Morgan fingerprint density at radius 2 is 1.15 bits per heavy atom. The molecule has 0 bridgehead atoms. The molecule has 0 amide bonds. The van der Waals surface area contributed by atoms with Crippen molar-refractivity contribution < 1.29 is 23.8 Å². The molecule has 0 aromatic heterocycles. The molecule has 7 heteroatoms.